The van der Waals surface area contributed by atoms with Crippen molar-refractivity contribution in [1.82, 2.24) is 10.0 Å². The molecule has 2 aromatic rings. The van der Waals surface area contributed by atoms with Crippen molar-refractivity contribution in [2.24, 2.45) is 0 Å². The first-order valence-electron chi connectivity index (χ1n) is 10.7. The zero-order chi connectivity index (χ0) is 28.5. The van der Waals surface area contributed by atoms with E-state index in [0.717, 1.165) is 30.0 Å². The fourth-order valence-electron chi connectivity index (χ4n) is 2.95. The Balaban J connectivity index is 2.03. The van der Waals surface area contributed by atoms with Crippen molar-refractivity contribution in [3.63, 3.8) is 0 Å². The first-order chi connectivity index (χ1) is 17.8. The third kappa shape index (κ3) is 8.86. The Morgan fingerprint density at radius 2 is 1.66 bits per heavy atom. The van der Waals surface area contributed by atoms with Crippen LogP contribution in [-0.4, -0.2) is 78.0 Å². The molecule has 38 heavy (non-hydrogen) atoms. The maximum absolute atomic E-state index is 12.6. The minimum atomic E-state index is -4.14. The third-order valence-corrected chi connectivity index (χ3v) is 7.28. The largest absolute Gasteiger partial charge is 0.507 e. The molecule has 1 atom stereocenters. The van der Waals surface area contributed by atoms with Crippen LogP contribution in [-0.2, 0) is 35.7 Å². The molecule has 0 saturated carbocycles. The van der Waals surface area contributed by atoms with E-state index in [0.29, 0.717) is 5.56 Å². The second-order valence-corrected chi connectivity index (χ2v) is 10.4. The van der Waals surface area contributed by atoms with Gasteiger partial charge in [-0.05, 0) is 35.9 Å². The van der Waals surface area contributed by atoms with Crippen molar-refractivity contribution in [1.29, 1.82) is 0 Å². The summed E-state index contributed by atoms with van der Waals surface area (Å²) in [6.07, 6.45) is -0.663. The fourth-order valence-corrected chi connectivity index (χ4v) is 4.78. The Labute approximate surface area is 221 Å². The van der Waals surface area contributed by atoms with Gasteiger partial charge in [0.25, 0.3) is 5.91 Å². The first kappa shape index (κ1) is 30.3. The summed E-state index contributed by atoms with van der Waals surface area (Å²) in [5, 5.41) is 30.0. The summed E-state index contributed by atoms with van der Waals surface area (Å²) in [5.41, 5.74) is -0.0728. The zero-order valence-corrected chi connectivity index (χ0v) is 21.5. The Morgan fingerprint density at radius 3 is 2.24 bits per heavy atom. The van der Waals surface area contributed by atoms with Gasteiger partial charge in [0.2, 0.25) is 10.0 Å². The number of aromatic hydroxyl groups is 1. The molecule has 0 spiro atoms. The molecule has 0 aromatic heterocycles. The smallest absolute Gasteiger partial charge is 0.339 e. The Morgan fingerprint density at radius 1 is 1.00 bits per heavy atom. The molecule has 0 unspecified atom stereocenters. The third-order valence-electron chi connectivity index (χ3n) is 4.96. The molecule has 2 rings (SSSR count). The summed E-state index contributed by atoms with van der Waals surface area (Å²) >= 11 is 0.917. The van der Waals surface area contributed by atoms with Gasteiger partial charge in [-0.3, -0.25) is 19.2 Å². The zero-order valence-electron chi connectivity index (χ0n) is 19.9. The SMILES string of the molecule is COC(=O)CSCC(=O)[C@H](CC(=O)O)NC(=O)c1ccc(CNS(=O)(=O)c2ccc(O)c(C(=O)O)c2)cc1. The van der Waals surface area contributed by atoms with Gasteiger partial charge in [-0.25, -0.2) is 17.9 Å². The summed E-state index contributed by atoms with van der Waals surface area (Å²) < 4.78 is 31.8. The number of ether oxygens (including phenoxy) is 1. The maximum atomic E-state index is 12.6. The van der Waals surface area contributed by atoms with E-state index in [1.54, 1.807) is 0 Å². The van der Waals surface area contributed by atoms with Gasteiger partial charge >= 0.3 is 17.9 Å². The predicted octanol–water partition coefficient (Wildman–Crippen LogP) is 0.617. The number of ketones is 1. The predicted molar refractivity (Wildman–Crippen MR) is 133 cm³/mol. The molecular weight excluding hydrogens is 544 g/mol. The molecule has 204 valence electrons. The number of sulfonamides is 1. The van der Waals surface area contributed by atoms with E-state index in [1.165, 1.54) is 31.4 Å². The molecular formula is C23H24N2O11S2. The highest BCUT2D eigenvalue weighted by molar-refractivity contribution is 8.00. The quantitative estimate of drug-likeness (QED) is 0.198. The lowest BCUT2D eigenvalue weighted by Gasteiger charge is -2.16. The van der Waals surface area contributed by atoms with E-state index in [1.807, 2.05) is 0 Å². The van der Waals surface area contributed by atoms with E-state index in [9.17, 15) is 37.5 Å². The number of benzene rings is 2. The molecule has 5 N–H and O–H groups in total. The number of carbonyl (C=O) groups is 5. The van der Waals surface area contributed by atoms with Crippen molar-refractivity contribution in [3.05, 3.63) is 59.2 Å². The number of amides is 1. The number of aliphatic carboxylic acids is 1. The molecule has 1 amide bonds. The molecule has 0 aliphatic carbocycles. The lowest BCUT2D eigenvalue weighted by atomic mass is 10.1. The second kappa shape index (κ2) is 13.6. The number of hydrogen-bond donors (Lipinski definition) is 5. The normalized spacial score (nSPS) is 11.8. The number of Topliss-reactive ketones (excluding diaryl/α,β-unsaturated/α-hetero) is 1. The number of carboxylic acid groups (broad SMARTS) is 2. The topological polar surface area (TPSA) is 213 Å². The highest BCUT2D eigenvalue weighted by atomic mass is 32.2. The second-order valence-electron chi connectivity index (χ2n) is 7.66. The number of hydrogen-bond acceptors (Lipinski definition) is 10. The molecule has 13 nitrogen and oxygen atoms in total. The van der Waals surface area contributed by atoms with Crippen molar-refractivity contribution in [2.45, 2.75) is 23.9 Å². The van der Waals surface area contributed by atoms with Crippen LogP contribution in [0.2, 0.25) is 0 Å². The molecule has 0 bridgehead atoms. The van der Waals surface area contributed by atoms with Gasteiger partial charge in [-0.1, -0.05) is 12.1 Å². The van der Waals surface area contributed by atoms with Crippen LogP contribution < -0.4 is 10.0 Å². The summed E-state index contributed by atoms with van der Waals surface area (Å²) in [4.78, 5) is 58.0. The van der Waals surface area contributed by atoms with E-state index in [2.05, 4.69) is 14.8 Å². The fraction of sp³-hybridized carbons (Fsp3) is 0.261. The van der Waals surface area contributed by atoms with Crippen LogP contribution in [0.1, 0.15) is 32.7 Å². The van der Waals surface area contributed by atoms with Crippen molar-refractivity contribution in [3.8, 4) is 5.75 Å². The summed E-state index contributed by atoms with van der Waals surface area (Å²) in [7, 11) is -2.95. The molecule has 0 aliphatic heterocycles. The number of esters is 1. The highest BCUT2D eigenvalue weighted by Gasteiger charge is 2.24. The van der Waals surface area contributed by atoms with E-state index >= 15 is 0 Å². The average molecular weight is 569 g/mol. The molecule has 0 aliphatic rings. The number of aromatic carboxylic acids is 1. The van der Waals surface area contributed by atoms with Crippen LogP contribution in [0, 0.1) is 0 Å². The van der Waals surface area contributed by atoms with Crippen LogP contribution in [0.3, 0.4) is 0 Å². The molecule has 2 aromatic carbocycles. The van der Waals surface area contributed by atoms with Crippen LogP contribution >= 0.6 is 11.8 Å². The summed E-state index contributed by atoms with van der Waals surface area (Å²) in [6, 6.07) is 7.01. The van der Waals surface area contributed by atoms with Gasteiger partial charge in [0, 0.05) is 12.1 Å². The molecule has 0 saturated heterocycles. The number of carbonyl (C=O) groups excluding carboxylic acids is 3. The van der Waals surface area contributed by atoms with Crippen LogP contribution in [0.25, 0.3) is 0 Å². The lowest BCUT2D eigenvalue weighted by molar-refractivity contribution is -0.139. The molecule has 15 heteroatoms. The standard InChI is InChI=1S/C23H24N2O11S2/c1-36-21(30)12-37-11-19(27)17(9-20(28)29)25-22(31)14-4-2-13(3-5-14)10-24-38(34,35)15-6-7-18(26)16(8-15)23(32)33/h2-8,17,24,26H,9-12H2,1H3,(H,25,31)(H,28,29)(H,32,33)/t17-/m0/s1. The molecule has 0 radical (unpaired) electrons. The monoisotopic (exact) mass is 568 g/mol. The number of phenols is 1. The minimum Gasteiger partial charge on any atom is -0.507 e. The number of thioether (sulfide) groups is 1. The van der Waals surface area contributed by atoms with Gasteiger partial charge in [-0.2, -0.15) is 0 Å². The minimum absolute atomic E-state index is 0.0756. The van der Waals surface area contributed by atoms with Crippen LogP contribution in [0.5, 0.6) is 5.75 Å². The molecule has 0 heterocycles. The summed E-state index contributed by atoms with van der Waals surface area (Å²) in [5.74, 6) is -5.62. The first-order valence-corrected chi connectivity index (χ1v) is 13.3. The van der Waals surface area contributed by atoms with Gasteiger partial charge in [0.15, 0.2) is 5.78 Å². The highest BCUT2D eigenvalue weighted by Crippen LogP contribution is 2.21. The van der Waals surface area contributed by atoms with E-state index in [4.69, 9.17) is 10.2 Å². The van der Waals surface area contributed by atoms with E-state index < -0.39 is 63.4 Å². The van der Waals surface area contributed by atoms with Crippen LogP contribution in [0.15, 0.2) is 47.4 Å². The van der Waals surface area contributed by atoms with Gasteiger partial charge < -0.3 is 25.4 Å². The molecule has 0 fully saturated rings. The van der Waals surface area contributed by atoms with Crippen LogP contribution in [0.4, 0.5) is 0 Å². The number of methoxy groups -OCH3 is 1. The van der Waals surface area contributed by atoms with Crippen molar-refractivity contribution >= 4 is 51.4 Å². The van der Waals surface area contributed by atoms with Gasteiger partial charge in [0.05, 0.1) is 36.0 Å². The average Bonchev–Trinajstić information content (AvgIpc) is 2.86. The Bertz CT molecular complexity index is 1330. The van der Waals surface area contributed by atoms with Gasteiger partial charge in [-0.15, -0.1) is 11.8 Å². The van der Waals surface area contributed by atoms with Gasteiger partial charge in [0.1, 0.15) is 11.3 Å². The maximum Gasteiger partial charge on any atom is 0.339 e. The Hall–Kier alpha value is -3.95. The van der Waals surface area contributed by atoms with E-state index in [-0.39, 0.29) is 28.5 Å². The Kier molecular flexibility index (Phi) is 10.8. The summed E-state index contributed by atoms with van der Waals surface area (Å²) in [6.45, 7) is -0.217. The number of rotatable bonds is 14. The van der Waals surface area contributed by atoms with Crippen molar-refractivity contribution < 1.29 is 52.4 Å². The van der Waals surface area contributed by atoms with Crippen molar-refractivity contribution in [2.75, 3.05) is 18.6 Å². The lowest BCUT2D eigenvalue weighted by Crippen LogP contribution is -2.43. The number of nitrogens with one attached hydrogen (secondary N) is 2. The number of carboxylic acids is 2.